The zero-order chi connectivity index (χ0) is 20.5. The second-order valence-electron chi connectivity index (χ2n) is 6.51. The van der Waals surface area contributed by atoms with Gasteiger partial charge in [0, 0.05) is 21.7 Å². The van der Waals surface area contributed by atoms with Gasteiger partial charge in [0.2, 0.25) is 0 Å². The third-order valence-electron chi connectivity index (χ3n) is 4.59. The Kier molecular flexibility index (Phi) is 5.58. The maximum Gasteiger partial charge on any atom is 0.349 e. The highest BCUT2D eigenvalue weighted by molar-refractivity contribution is 7.21. The van der Waals surface area contributed by atoms with E-state index in [-0.39, 0.29) is 12.2 Å². The van der Waals surface area contributed by atoms with Crippen LogP contribution in [0.25, 0.3) is 21.0 Å². The van der Waals surface area contributed by atoms with Crippen LogP contribution < -0.4 is 5.56 Å². The number of rotatable bonds is 5. The highest BCUT2D eigenvalue weighted by Gasteiger charge is 2.18. The molecule has 0 saturated heterocycles. The van der Waals surface area contributed by atoms with Crippen LogP contribution in [-0.4, -0.2) is 22.1 Å². The Hall–Kier alpha value is -2.41. The third-order valence-corrected chi connectivity index (χ3v) is 6.46. The molecule has 0 bridgehead atoms. The van der Waals surface area contributed by atoms with Gasteiger partial charge in [0.05, 0.1) is 22.5 Å². The molecule has 2 aromatic carbocycles. The molecule has 0 aliphatic rings. The summed E-state index contributed by atoms with van der Waals surface area (Å²) in [4.78, 5) is 29.9. The molecule has 0 spiro atoms. The third kappa shape index (κ3) is 3.88. The van der Waals surface area contributed by atoms with Crippen molar-refractivity contribution in [3.8, 4) is 0 Å². The number of aromatic nitrogens is 2. The SMILES string of the molecule is Cc1nc2ccccc2c(=O)n1CCCOC(=O)c1sc2cc(Cl)ccc2c1Cl. The number of aryl methyl sites for hydroxylation is 1. The van der Waals surface area contributed by atoms with Crippen molar-refractivity contribution in [1.82, 2.24) is 9.55 Å². The zero-order valence-electron chi connectivity index (χ0n) is 15.4. The highest BCUT2D eigenvalue weighted by Crippen LogP contribution is 2.37. The molecule has 0 atom stereocenters. The Morgan fingerprint density at radius 2 is 1.97 bits per heavy atom. The van der Waals surface area contributed by atoms with Crippen molar-refractivity contribution >= 4 is 61.5 Å². The molecule has 2 aromatic heterocycles. The quantitative estimate of drug-likeness (QED) is 0.301. The summed E-state index contributed by atoms with van der Waals surface area (Å²) in [5.74, 6) is 0.150. The predicted molar refractivity (Wildman–Crippen MR) is 117 cm³/mol. The molecule has 0 aliphatic heterocycles. The van der Waals surface area contributed by atoms with Crippen LogP contribution >= 0.6 is 34.5 Å². The number of fused-ring (bicyclic) bond motifs is 2. The first-order valence-electron chi connectivity index (χ1n) is 8.96. The van der Waals surface area contributed by atoms with Gasteiger partial charge in [-0.3, -0.25) is 9.36 Å². The number of carbonyl (C=O) groups excluding carboxylic acids is 1. The minimum absolute atomic E-state index is 0.0937. The first-order chi connectivity index (χ1) is 14.0. The van der Waals surface area contributed by atoms with Gasteiger partial charge in [0.15, 0.2) is 0 Å². The van der Waals surface area contributed by atoms with Crippen molar-refractivity contribution in [1.29, 1.82) is 0 Å². The summed E-state index contributed by atoms with van der Waals surface area (Å²) in [5, 5.41) is 2.31. The summed E-state index contributed by atoms with van der Waals surface area (Å²) in [6.45, 7) is 2.37. The summed E-state index contributed by atoms with van der Waals surface area (Å²) < 4.78 is 7.81. The summed E-state index contributed by atoms with van der Waals surface area (Å²) in [7, 11) is 0. The van der Waals surface area contributed by atoms with Gasteiger partial charge in [0.25, 0.3) is 5.56 Å². The number of benzene rings is 2. The van der Waals surface area contributed by atoms with Crippen molar-refractivity contribution in [2.75, 3.05) is 6.61 Å². The van der Waals surface area contributed by atoms with E-state index in [1.54, 1.807) is 35.8 Å². The van der Waals surface area contributed by atoms with Gasteiger partial charge in [-0.05, 0) is 37.6 Å². The van der Waals surface area contributed by atoms with E-state index >= 15 is 0 Å². The lowest BCUT2D eigenvalue weighted by Gasteiger charge is -2.10. The zero-order valence-corrected chi connectivity index (χ0v) is 17.8. The van der Waals surface area contributed by atoms with Crippen LogP contribution in [-0.2, 0) is 11.3 Å². The number of para-hydroxylation sites is 1. The number of thiophene rings is 1. The van der Waals surface area contributed by atoms with Gasteiger partial charge in [-0.15, -0.1) is 11.3 Å². The van der Waals surface area contributed by atoms with Gasteiger partial charge in [-0.1, -0.05) is 41.4 Å². The van der Waals surface area contributed by atoms with Gasteiger partial charge in [0.1, 0.15) is 10.7 Å². The topological polar surface area (TPSA) is 61.2 Å². The smallest absolute Gasteiger partial charge is 0.349 e. The lowest BCUT2D eigenvalue weighted by molar-refractivity contribution is 0.0501. The standard InChI is InChI=1S/C21H16Cl2N2O3S/c1-12-24-16-6-3-2-5-14(16)20(26)25(12)9-4-10-28-21(27)19-18(23)15-8-7-13(22)11-17(15)29-19/h2-3,5-8,11H,4,9-10H2,1H3. The maximum atomic E-state index is 12.7. The first kappa shape index (κ1) is 19.9. The van der Waals surface area contributed by atoms with Crippen molar-refractivity contribution in [2.24, 2.45) is 0 Å². The molecule has 0 fully saturated rings. The Morgan fingerprint density at radius 1 is 1.17 bits per heavy atom. The van der Waals surface area contributed by atoms with E-state index in [4.69, 9.17) is 27.9 Å². The summed E-state index contributed by atoms with van der Waals surface area (Å²) in [5.41, 5.74) is 0.584. The van der Waals surface area contributed by atoms with E-state index in [0.717, 1.165) is 10.1 Å². The number of hydrogen-bond donors (Lipinski definition) is 0. The van der Waals surface area contributed by atoms with Crippen LogP contribution in [0.15, 0.2) is 47.3 Å². The van der Waals surface area contributed by atoms with Crippen LogP contribution in [0.4, 0.5) is 0 Å². The number of carbonyl (C=O) groups is 1. The fourth-order valence-corrected chi connectivity index (χ4v) is 4.84. The molecule has 0 amide bonds. The molecule has 0 N–H and O–H groups in total. The molecule has 0 unspecified atom stereocenters. The van der Waals surface area contributed by atoms with E-state index in [0.29, 0.717) is 44.6 Å². The predicted octanol–water partition coefficient (Wildman–Crippen LogP) is 5.47. The largest absolute Gasteiger partial charge is 0.461 e. The van der Waals surface area contributed by atoms with Gasteiger partial charge >= 0.3 is 5.97 Å². The van der Waals surface area contributed by atoms with Crippen LogP contribution in [0, 0.1) is 6.92 Å². The Morgan fingerprint density at radius 3 is 2.79 bits per heavy atom. The number of hydrogen-bond acceptors (Lipinski definition) is 5. The van der Waals surface area contributed by atoms with E-state index in [9.17, 15) is 9.59 Å². The fraction of sp³-hybridized carbons (Fsp3) is 0.190. The van der Waals surface area contributed by atoms with Crippen LogP contribution in [0.3, 0.4) is 0 Å². The molecular weight excluding hydrogens is 431 g/mol. The Bertz CT molecular complexity index is 1300. The lowest BCUT2D eigenvalue weighted by atomic mass is 10.2. The second kappa shape index (κ2) is 8.14. The van der Waals surface area contributed by atoms with E-state index in [1.165, 1.54) is 11.3 Å². The molecule has 8 heteroatoms. The van der Waals surface area contributed by atoms with Crippen LogP contribution in [0.1, 0.15) is 21.9 Å². The average Bonchev–Trinajstić information content (AvgIpc) is 3.03. The summed E-state index contributed by atoms with van der Waals surface area (Å²) in [6.07, 6.45) is 0.487. The van der Waals surface area contributed by atoms with E-state index in [1.807, 2.05) is 18.2 Å². The molecule has 0 aliphatic carbocycles. The number of esters is 1. The monoisotopic (exact) mass is 446 g/mol. The highest BCUT2D eigenvalue weighted by atomic mass is 35.5. The van der Waals surface area contributed by atoms with E-state index in [2.05, 4.69) is 4.98 Å². The molecule has 0 saturated carbocycles. The number of halogens is 2. The fourth-order valence-electron chi connectivity index (χ4n) is 3.17. The molecule has 2 heterocycles. The first-order valence-corrected chi connectivity index (χ1v) is 10.5. The van der Waals surface area contributed by atoms with Gasteiger partial charge in [-0.2, -0.15) is 0 Å². The number of nitrogens with zero attached hydrogens (tertiary/aromatic N) is 2. The lowest BCUT2D eigenvalue weighted by Crippen LogP contribution is -2.24. The van der Waals surface area contributed by atoms with Crippen molar-refractivity contribution in [3.63, 3.8) is 0 Å². The molecule has 4 aromatic rings. The minimum atomic E-state index is -0.479. The normalized spacial score (nSPS) is 11.3. The number of ether oxygens (including phenoxy) is 1. The van der Waals surface area contributed by atoms with Crippen molar-refractivity contribution < 1.29 is 9.53 Å². The minimum Gasteiger partial charge on any atom is -0.461 e. The molecule has 29 heavy (non-hydrogen) atoms. The summed E-state index contributed by atoms with van der Waals surface area (Å²) in [6, 6.07) is 12.5. The van der Waals surface area contributed by atoms with Crippen LogP contribution in [0.5, 0.6) is 0 Å². The molecule has 148 valence electrons. The van der Waals surface area contributed by atoms with Gasteiger partial charge < -0.3 is 4.74 Å². The van der Waals surface area contributed by atoms with E-state index < -0.39 is 5.97 Å². The Balaban J connectivity index is 1.44. The second-order valence-corrected chi connectivity index (χ2v) is 8.37. The van der Waals surface area contributed by atoms with Crippen molar-refractivity contribution in [3.05, 3.63) is 73.6 Å². The molecule has 5 nitrogen and oxygen atoms in total. The van der Waals surface area contributed by atoms with Gasteiger partial charge in [-0.25, -0.2) is 9.78 Å². The molecular formula is C21H16Cl2N2O3S. The van der Waals surface area contributed by atoms with Crippen LogP contribution in [0.2, 0.25) is 10.0 Å². The average molecular weight is 447 g/mol. The maximum absolute atomic E-state index is 12.7. The molecule has 4 rings (SSSR count). The summed E-state index contributed by atoms with van der Waals surface area (Å²) >= 11 is 13.6. The Labute approximate surface area is 180 Å². The van der Waals surface area contributed by atoms with Crippen molar-refractivity contribution in [2.45, 2.75) is 19.9 Å². The molecule has 0 radical (unpaired) electrons.